The highest BCUT2D eigenvalue weighted by Gasteiger charge is 2.30. The van der Waals surface area contributed by atoms with Crippen LogP contribution < -0.4 is 5.32 Å². The Bertz CT molecular complexity index is 1950. The summed E-state index contributed by atoms with van der Waals surface area (Å²) in [7, 11) is -7.76. The molecular weight excluding hydrogens is 593 g/mol. The summed E-state index contributed by atoms with van der Waals surface area (Å²) in [6, 6.07) is 21.0. The van der Waals surface area contributed by atoms with Crippen molar-refractivity contribution < 1.29 is 34.6 Å². The van der Waals surface area contributed by atoms with Gasteiger partial charge in [0.1, 0.15) is 5.82 Å². The fraction of sp³-hybridized carbons (Fsp3) is 0.107. The van der Waals surface area contributed by atoms with Crippen LogP contribution >= 0.6 is 0 Å². The van der Waals surface area contributed by atoms with E-state index in [-0.39, 0.29) is 10.7 Å². The Kier molecular flexibility index (Phi) is 8.61. The molecule has 0 amide bonds. The molecule has 0 aliphatic heterocycles. The van der Waals surface area contributed by atoms with Gasteiger partial charge in [-0.25, -0.2) is 18.4 Å². The van der Waals surface area contributed by atoms with Crippen molar-refractivity contribution >= 4 is 42.4 Å². The highest BCUT2D eigenvalue weighted by molar-refractivity contribution is 7.90. The van der Waals surface area contributed by atoms with Gasteiger partial charge < -0.3 is 5.32 Å². The number of rotatable bonds is 5. The summed E-state index contributed by atoms with van der Waals surface area (Å²) in [6.07, 6.45) is -1.81. The highest BCUT2D eigenvalue weighted by Crippen LogP contribution is 2.33. The van der Waals surface area contributed by atoms with E-state index < -0.39 is 36.9 Å². The smallest absolute Gasteiger partial charge is 0.340 e. The largest absolute Gasteiger partial charge is 0.416 e. The number of nitrogens with zero attached hydrogens (tertiary/aromatic N) is 3. The first-order valence-corrected chi connectivity index (χ1v) is 15.4. The molecule has 0 saturated heterocycles. The summed E-state index contributed by atoms with van der Waals surface area (Å²) >= 11 is 0. The highest BCUT2D eigenvalue weighted by atomic mass is 32.2. The summed E-state index contributed by atoms with van der Waals surface area (Å²) in [5, 5.41) is 3.43. The Morgan fingerprint density at radius 1 is 0.833 bits per heavy atom. The fourth-order valence-corrected chi connectivity index (χ4v) is 4.77. The lowest BCUT2D eigenvalue weighted by Gasteiger charge is -2.15. The molecule has 0 radical (unpaired) electrons. The van der Waals surface area contributed by atoms with E-state index >= 15 is 0 Å². The second-order valence-electron chi connectivity index (χ2n) is 9.00. The van der Waals surface area contributed by atoms with Crippen LogP contribution in [-0.4, -0.2) is 42.6 Å². The lowest BCUT2D eigenvalue weighted by atomic mass is 10.0. The molecule has 0 aliphatic rings. The maximum absolute atomic E-state index is 12.8. The molecule has 14 heteroatoms. The van der Waals surface area contributed by atoms with Gasteiger partial charge in [-0.05, 0) is 55.5 Å². The zero-order chi connectivity index (χ0) is 30.7. The molecule has 0 aliphatic carbocycles. The van der Waals surface area contributed by atoms with Crippen molar-refractivity contribution in [3.63, 3.8) is 0 Å². The van der Waals surface area contributed by atoms with E-state index in [9.17, 15) is 30.0 Å². The van der Waals surface area contributed by atoms with Gasteiger partial charge in [-0.3, -0.25) is 9.54 Å². The van der Waals surface area contributed by atoms with Gasteiger partial charge in [0.05, 0.1) is 21.7 Å². The predicted octanol–water partition coefficient (Wildman–Crippen LogP) is 6.10. The number of benzene rings is 3. The molecule has 5 aromatic rings. The average molecular weight is 617 g/mol. The molecule has 5 rings (SSSR count). The first-order chi connectivity index (χ1) is 19.6. The van der Waals surface area contributed by atoms with Crippen LogP contribution in [0.1, 0.15) is 11.1 Å². The lowest BCUT2D eigenvalue weighted by molar-refractivity contribution is -0.137. The fourth-order valence-electron chi connectivity index (χ4n) is 3.75. The normalized spacial score (nSPS) is 12.0. The number of pyridine rings is 1. The molecule has 2 N–H and O–H groups in total. The third kappa shape index (κ3) is 7.46. The molecule has 0 spiro atoms. The third-order valence-electron chi connectivity index (χ3n) is 5.85. The molecule has 9 nitrogen and oxygen atoms in total. The molecule has 0 fully saturated rings. The molecule has 218 valence electrons. The van der Waals surface area contributed by atoms with Gasteiger partial charge in [0.2, 0.25) is 15.0 Å². The second-order valence-corrected chi connectivity index (χ2v) is 12.3. The molecule has 0 atom stereocenters. The number of aromatic nitrogens is 3. The molecule has 2 aromatic heterocycles. The molecule has 42 heavy (non-hydrogen) atoms. The Balaban J connectivity index is 0.000000343. The van der Waals surface area contributed by atoms with Crippen molar-refractivity contribution in [2.24, 2.45) is 0 Å². The SMILES string of the molecule is Cc1c(Nc2ccc(C(F)(F)F)cc2)nc(S(C)(=O)=O)nc1-c1ccc2cccnc2c1.O=S(=O)(O)c1ccccc1. The van der Waals surface area contributed by atoms with E-state index in [2.05, 4.69) is 20.3 Å². The third-order valence-corrected chi connectivity index (χ3v) is 7.57. The number of alkyl halides is 3. The first kappa shape index (κ1) is 30.6. The number of nitrogens with one attached hydrogen (secondary N) is 1. The van der Waals surface area contributed by atoms with E-state index in [0.717, 1.165) is 23.8 Å². The minimum Gasteiger partial charge on any atom is -0.340 e. The zero-order valence-electron chi connectivity index (χ0n) is 22.0. The number of halogens is 3. The lowest BCUT2D eigenvalue weighted by Crippen LogP contribution is -2.10. The van der Waals surface area contributed by atoms with Gasteiger partial charge in [-0.1, -0.05) is 36.4 Å². The van der Waals surface area contributed by atoms with E-state index in [1.54, 1.807) is 43.5 Å². The van der Waals surface area contributed by atoms with Crippen LogP contribution in [0.3, 0.4) is 0 Å². The van der Waals surface area contributed by atoms with Crippen molar-refractivity contribution in [1.29, 1.82) is 0 Å². The Morgan fingerprint density at radius 3 is 2.07 bits per heavy atom. The predicted molar refractivity (Wildman–Crippen MR) is 152 cm³/mol. The first-order valence-electron chi connectivity index (χ1n) is 12.0. The van der Waals surface area contributed by atoms with Gasteiger partial charge in [-0.15, -0.1) is 0 Å². The Morgan fingerprint density at radius 2 is 1.50 bits per heavy atom. The van der Waals surface area contributed by atoms with Crippen molar-refractivity contribution in [2.45, 2.75) is 23.2 Å². The van der Waals surface area contributed by atoms with E-state index in [0.29, 0.717) is 28.0 Å². The van der Waals surface area contributed by atoms with Crippen LogP contribution in [-0.2, 0) is 26.1 Å². The van der Waals surface area contributed by atoms with Crippen LogP contribution in [0, 0.1) is 6.92 Å². The molecular formula is C28H23F3N4O5S2. The summed E-state index contributed by atoms with van der Waals surface area (Å²) in [5.74, 6) is 0.177. The van der Waals surface area contributed by atoms with Crippen molar-refractivity contribution in [3.05, 3.63) is 102 Å². The minimum absolute atomic E-state index is 0.0741. The average Bonchev–Trinajstić information content (AvgIpc) is 2.93. The summed E-state index contributed by atoms with van der Waals surface area (Å²) < 4.78 is 92.2. The maximum Gasteiger partial charge on any atom is 0.416 e. The van der Waals surface area contributed by atoms with Crippen molar-refractivity contribution in [3.8, 4) is 11.3 Å². The molecule has 2 heterocycles. The molecule has 3 aromatic carbocycles. The second kappa shape index (κ2) is 11.8. The van der Waals surface area contributed by atoms with Gasteiger partial charge in [0.25, 0.3) is 10.1 Å². The standard InChI is InChI=1S/C22H17F3N4O2S.C6H6O3S/c1-13-19(15-6-5-14-4-3-11-26-18(14)12-15)28-21(32(2,30)31)29-20(13)27-17-9-7-16(8-10-17)22(23,24)25;7-10(8,9)6-4-2-1-3-5-6/h3-12H,1-2H3,(H,27,28,29);1-5H,(H,7,8,9). The number of sulfone groups is 1. The van der Waals surface area contributed by atoms with E-state index in [4.69, 9.17) is 4.55 Å². The van der Waals surface area contributed by atoms with Crippen molar-refractivity contribution in [2.75, 3.05) is 11.6 Å². The van der Waals surface area contributed by atoms with Gasteiger partial charge >= 0.3 is 6.18 Å². The summed E-state index contributed by atoms with van der Waals surface area (Å²) in [6.45, 7) is 1.70. The monoisotopic (exact) mass is 616 g/mol. The topological polar surface area (TPSA) is 139 Å². The van der Waals surface area contributed by atoms with Crippen LogP contribution in [0.2, 0.25) is 0 Å². The van der Waals surface area contributed by atoms with Gasteiger partial charge in [0.15, 0.2) is 0 Å². The summed E-state index contributed by atoms with van der Waals surface area (Å²) in [5.41, 5.74) is 1.79. The van der Waals surface area contributed by atoms with Gasteiger partial charge in [-0.2, -0.15) is 21.6 Å². The summed E-state index contributed by atoms with van der Waals surface area (Å²) in [4.78, 5) is 12.6. The quantitative estimate of drug-likeness (QED) is 0.177. The van der Waals surface area contributed by atoms with Crippen LogP contribution in [0.15, 0.2) is 101 Å². The number of fused-ring (bicyclic) bond motifs is 1. The van der Waals surface area contributed by atoms with Crippen molar-refractivity contribution in [1.82, 2.24) is 15.0 Å². The number of hydrogen-bond donors (Lipinski definition) is 2. The Labute approximate surface area is 239 Å². The Hall–Kier alpha value is -4.40. The molecule has 0 unspecified atom stereocenters. The maximum atomic E-state index is 12.8. The van der Waals surface area contributed by atoms with Crippen LogP contribution in [0.4, 0.5) is 24.7 Å². The van der Waals surface area contributed by atoms with E-state index in [1.807, 2.05) is 18.2 Å². The zero-order valence-corrected chi connectivity index (χ0v) is 23.7. The van der Waals surface area contributed by atoms with E-state index in [1.165, 1.54) is 24.3 Å². The number of anilines is 2. The number of hydrogen-bond acceptors (Lipinski definition) is 8. The molecule has 0 bridgehead atoms. The van der Waals surface area contributed by atoms with Gasteiger partial charge in [0, 0.05) is 34.7 Å². The van der Waals surface area contributed by atoms with Crippen LogP contribution in [0.5, 0.6) is 0 Å². The van der Waals surface area contributed by atoms with Crippen LogP contribution in [0.25, 0.3) is 22.2 Å². The molecule has 0 saturated carbocycles. The minimum atomic E-state index is -4.45.